The predicted molar refractivity (Wildman–Crippen MR) is 233 cm³/mol. The Labute approximate surface area is 326 Å². The summed E-state index contributed by atoms with van der Waals surface area (Å²) in [4.78, 5) is 2.63. The molecule has 1 aromatic heterocycles. The molecule has 1 unspecified atom stereocenters. The summed E-state index contributed by atoms with van der Waals surface area (Å²) in [5.41, 5.74) is 18.6. The minimum Gasteiger partial charge on any atom is -0.334 e. The summed E-state index contributed by atoms with van der Waals surface area (Å²) in [5, 5.41) is 4.09. The lowest BCUT2D eigenvalue weighted by Crippen LogP contribution is -2.48. The Hall–Kier alpha value is -5.60. The van der Waals surface area contributed by atoms with Crippen LogP contribution in [0.2, 0.25) is 0 Å². The van der Waals surface area contributed by atoms with Gasteiger partial charge in [0.1, 0.15) is 0 Å². The Morgan fingerprint density at radius 3 is 2.04 bits per heavy atom. The molecule has 10 rings (SSSR count). The fourth-order valence-corrected chi connectivity index (χ4v) is 10.4. The van der Waals surface area contributed by atoms with Crippen molar-refractivity contribution in [2.75, 3.05) is 4.90 Å². The number of aryl methyl sites for hydroxylation is 1. The minimum absolute atomic E-state index is 0.0215. The van der Waals surface area contributed by atoms with E-state index in [9.17, 15) is 0 Å². The molecule has 3 aliphatic rings. The van der Waals surface area contributed by atoms with Crippen LogP contribution in [0.25, 0.3) is 50.5 Å². The Morgan fingerprint density at radius 1 is 0.618 bits per heavy atom. The van der Waals surface area contributed by atoms with E-state index in [2.05, 4.69) is 204 Å². The number of nitrogens with zero attached hydrogens (tertiary/aromatic N) is 2. The van der Waals surface area contributed by atoms with E-state index in [1.54, 1.807) is 0 Å². The minimum atomic E-state index is -0.178. The number of para-hydroxylation sites is 2. The number of fused-ring (bicyclic) bond motifs is 8. The third-order valence-corrected chi connectivity index (χ3v) is 13.2. The van der Waals surface area contributed by atoms with E-state index in [0.29, 0.717) is 0 Å². The molecule has 2 aliphatic carbocycles. The molecule has 1 atom stereocenters. The van der Waals surface area contributed by atoms with E-state index >= 15 is 0 Å². The van der Waals surface area contributed by atoms with Crippen molar-refractivity contribution in [2.45, 2.75) is 84.1 Å². The zero-order valence-electron chi connectivity index (χ0n) is 33.5. The summed E-state index contributed by atoms with van der Waals surface area (Å²) >= 11 is 0. The lowest BCUT2D eigenvalue weighted by Gasteiger charge is -2.42. The van der Waals surface area contributed by atoms with E-state index in [0.717, 1.165) is 6.42 Å². The number of benzene rings is 6. The maximum atomic E-state index is 2.68. The van der Waals surface area contributed by atoms with Gasteiger partial charge in [-0.15, -0.1) is 0 Å². The standard InChI is InChI=1S/C53H50N2/c1-33-28-35(34-18-11-9-12-19-34)29-41-42-30-38(32-47-49(42)55(48(33)41)50-44(51(2,3)4)24-17-25-45(50)53(47,7)8)54(36-20-13-10-14-21-36)37-26-27-40-39-22-15-16-23-43(39)52(5,6)46(40)31-37/h9-31,38H,32H2,1-8H3. The normalized spacial score (nSPS) is 17.2. The summed E-state index contributed by atoms with van der Waals surface area (Å²) in [6.45, 7) is 19.1. The lowest BCUT2D eigenvalue weighted by molar-refractivity contribution is 0.569. The second kappa shape index (κ2) is 11.7. The van der Waals surface area contributed by atoms with Crippen molar-refractivity contribution in [2.24, 2.45) is 0 Å². The van der Waals surface area contributed by atoms with E-state index in [1.807, 2.05) is 0 Å². The zero-order valence-corrected chi connectivity index (χ0v) is 33.5. The van der Waals surface area contributed by atoms with Gasteiger partial charge in [-0.05, 0) is 111 Å². The van der Waals surface area contributed by atoms with E-state index in [4.69, 9.17) is 0 Å². The van der Waals surface area contributed by atoms with Gasteiger partial charge in [-0.25, -0.2) is 0 Å². The van der Waals surface area contributed by atoms with Gasteiger partial charge < -0.3 is 9.47 Å². The molecule has 0 saturated carbocycles. The van der Waals surface area contributed by atoms with Crippen molar-refractivity contribution in [3.8, 4) is 27.9 Å². The van der Waals surface area contributed by atoms with Crippen LogP contribution in [0.3, 0.4) is 0 Å². The molecule has 1 aliphatic heterocycles. The summed E-state index contributed by atoms with van der Waals surface area (Å²) < 4.78 is 2.68. The van der Waals surface area contributed by atoms with Crippen LogP contribution in [0.4, 0.5) is 11.4 Å². The fraction of sp³-hybridized carbons (Fsp3) is 0.245. The van der Waals surface area contributed by atoms with Gasteiger partial charge in [0.15, 0.2) is 0 Å². The van der Waals surface area contributed by atoms with Crippen LogP contribution in [0.5, 0.6) is 0 Å². The monoisotopic (exact) mass is 714 g/mol. The van der Waals surface area contributed by atoms with Gasteiger partial charge in [0.2, 0.25) is 0 Å². The summed E-state index contributed by atoms with van der Waals surface area (Å²) in [6.07, 6.45) is 3.54. The molecule has 7 aromatic rings. The van der Waals surface area contributed by atoms with Crippen LogP contribution in [-0.4, -0.2) is 10.6 Å². The van der Waals surface area contributed by atoms with Gasteiger partial charge in [0, 0.05) is 32.8 Å². The Balaban J connectivity index is 1.28. The van der Waals surface area contributed by atoms with E-state index < -0.39 is 0 Å². The molecule has 0 N–H and O–H groups in total. The number of rotatable bonds is 4. The van der Waals surface area contributed by atoms with Crippen LogP contribution < -0.4 is 15.5 Å². The van der Waals surface area contributed by atoms with Gasteiger partial charge in [0.05, 0.1) is 22.6 Å². The second-order valence-electron chi connectivity index (χ2n) is 18.3. The SMILES string of the molecule is Cc1cc(-c2ccccc2)cc2c3c4n(c12)-c1c(C(C)(C)C)cccc1C(C)(C)C=4CC(N(c1ccccc1)c1ccc2c(c1)C(C)(C)c1ccccc1-2)C=3. The topological polar surface area (TPSA) is 8.17 Å². The van der Waals surface area contributed by atoms with Gasteiger partial charge in [0.25, 0.3) is 0 Å². The van der Waals surface area contributed by atoms with Gasteiger partial charge >= 0.3 is 0 Å². The van der Waals surface area contributed by atoms with Crippen molar-refractivity contribution < 1.29 is 0 Å². The summed E-state index contributed by atoms with van der Waals surface area (Å²) in [6, 6.07) is 50.3. The molecule has 0 amide bonds. The molecule has 0 fully saturated rings. The first-order valence-electron chi connectivity index (χ1n) is 20.0. The molecule has 272 valence electrons. The van der Waals surface area contributed by atoms with Crippen LogP contribution in [0.15, 0.2) is 133 Å². The van der Waals surface area contributed by atoms with Crippen LogP contribution in [-0.2, 0) is 16.2 Å². The average Bonchev–Trinajstić information content (AvgIpc) is 3.63. The van der Waals surface area contributed by atoms with Crippen LogP contribution >= 0.6 is 0 Å². The maximum Gasteiger partial charge on any atom is 0.0570 e. The first-order chi connectivity index (χ1) is 26.4. The average molecular weight is 715 g/mol. The first kappa shape index (κ1) is 33.9. The van der Waals surface area contributed by atoms with Crippen molar-refractivity contribution in [1.82, 2.24) is 4.57 Å². The quantitative estimate of drug-likeness (QED) is 0.176. The first-order valence-corrected chi connectivity index (χ1v) is 20.0. The highest BCUT2D eigenvalue weighted by Gasteiger charge is 2.42. The van der Waals surface area contributed by atoms with Crippen molar-refractivity contribution >= 4 is 33.9 Å². The van der Waals surface area contributed by atoms with Gasteiger partial charge in [-0.2, -0.15) is 0 Å². The molecule has 2 nitrogen and oxygen atoms in total. The molecule has 6 aromatic carbocycles. The van der Waals surface area contributed by atoms with Gasteiger partial charge in [-0.3, -0.25) is 0 Å². The fourth-order valence-electron chi connectivity index (χ4n) is 10.4. The molecule has 0 bridgehead atoms. The molecule has 2 heterocycles. The summed E-state index contributed by atoms with van der Waals surface area (Å²) in [7, 11) is 0. The Morgan fingerprint density at radius 2 is 1.29 bits per heavy atom. The van der Waals surface area contributed by atoms with Crippen LogP contribution in [0.1, 0.15) is 82.7 Å². The largest absolute Gasteiger partial charge is 0.334 e. The van der Waals surface area contributed by atoms with E-state index in [-0.39, 0.29) is 22.3 Å². The zero-order chi connectivity index (χ0) is 38.0. The van der Waals surface area contributed by atoms with Crippen molar-refractivity contribution in [3.05, 3.63) is 172 Å². The number of hydrogen-bond donors (Lipinski definition) is 0. The van der Waals surface area contributed by atoms with Gasteiger partial charge in [-0.1, -0.05) is 152 Å². The molecule has 0 spiro atoms. The second-order valence-corrected chi connectivity index (χ2v) is 18.3. The summed E-state index contributed by atoms with van der Waals surface area (Å²) in [5.74, 6) is 0. The molecule has 2 heteroatoms. The molecule has 0 saturated heterocycles. The molecule has 55 heavy (non-hydrogen) atoms. The number of aromatic nitrogens is 1. The highest BCUT2D eigenvalue weighted by Crippen LogP contribution is 2.51. The van der Waals surface area contributed by atoms with Crippen molar-refractivity contribution in [1.29, 1.82) is 0 Å². The highest BCUT2D eigenvalue weighted by molar-refractivity contribution is 5.95. The smallest absolute Gasteiger partial charge is 0.0570 e. The third-order valence-electron chi connectivity index (χ3n) is 13.2. The van der Waals surface area contributed by atoms with Crippen LogP contribution in [0, 0.1) is 6.92 Å². The van der Waals surface area contributed by atoms with E-state index in [1.165, 1.54) is 94.2 Å². The Kier molecular flexibility index (Phi) is 7.22. The van der Waals surface area contributed by atoms with Crippen molar-refractivity contribution in [3.63, 3.8) is 0 Å². The molecular weight excluding hydrogens is 665 g/mol. The predicted octanol–water partition coefficient (Wildman–Crippen LogP) is 12.0. The Bertz CT molecular complexity index is 2830. The highest BCUT2D eigenvalue weighted by atomic mass is 15.2. The molecular formula is C53H50N2. The number of anilines is 2. The number of hydrogen-bond acceptors (Lipinski definition) is 1. The lowest BCUT2D eigenvalue weighted by atomic mass is 9.69. The maximum absolute atomic E-state index is 2.68. The molecule has 0 radical (unpaired) electrons. The third kappa shape index (κ3) is 4.86.